The van der Waals surface area contributed by atoms with Gasteiger partial charge in [-0.1, -0.05) is 12.1 Å². The highest BCUT2D eigenvalue weighted by molar-refractivity contribution is 5.98. The molecular formula is C15H21N3O2. The number of benzene rings is 1. The van der Waals surface area contributed by atoms with Gasteiger partial charge < -0.3 is 20.3 Å². The fourth-order valence-electron chi connectivity index (χ4n) is 2.94. The van der Waals surface area contributed by atoms with Crippen molar-refractivity contribution in [2.24, 2.45) is 11.7 Å². The van der Waals surface area contributed by atoms with Crippen LogP contribution in [0.3, 0.4) is 0 Å². The Bertz CT molecular complexity index is 486. The summed E-state index contributed by atoms with van der Waals surface area (Å²) in [5, 5.41) is 0. The van der Waals surface area contributed by atoms with E-state index in [1.165, 1.54) is 0 Å². The average Bonchev–Trinajstić information content (AvgIpc) is 2.89. The van der Waals surface area contributed by atoms with Crippen molar-refractivity contribution in [3.63, 3.8) is 0 Å². The molecule has 2 aliphatic rings. The quantitative estimate of drug-likeness (QED) is 0.888. The first-order valence-corrected chi connectivity index (χ1v) is 7.21. The Morgan fingerprint density at radius 3 is 2.55 bits per heavy atom. The second-order valence-electron chi connectivity index (χ2n) is 5.40. The zero-order chi connectivity index (χ0) is 13.9. The van der Waals surface area contributed by atoms with E-state index in [0.717, 1.165) is 44.2 Å². The van der Waals surface area contributed by atoms with Crippen molar-refractivity contribution in [3.8, 4) is 0 Å². The first-order valence-electron chi connectivity index (χ1n) is 7.21. The van der Waals surface area contributed by atoms with Gasteiger partial charge in [-0.25, -0.2) is 0 Å². The lowest BCUT2D eigenvalue weighted by atomic mass is 10.1. The maximum Gasteiger partial charge on any atom is 0.227 e. The Kier molecular flexibility index (Phi) is 3.89. The Morgan fingerprint density at radius 1 is 1.20 bits per heavy atom. The third-order valence-corrected chi connectivity index (χ3v) is 4.06. The molecule has 0 bridgehead atoms. The average molecular weight is 275 g/mol. The van der Waals surface area contributed by atoms with Gasteiger partial charge in [0.15, 0.2) is 0 Å². The zero-order valence-corrected chi connectivity index (χ0v) is 11.6. The smallest absolute Gasteiger partial charge is 0.227 e. The number of anilines is 2. The van der Waals surface area contributed by atoms with Crippen LogP contribution in [0.15, 0.2) is 24.3 Å². The monoisotopic (exact) mass is 275 g/mol. The van der Waals surface area contributed by atoms with E-state index in [2.05, 4.69) is 11.0 Å². The summed E-state index contributed by atoms with van der Waals surface area (Å²) >= 11 is 0. The Balaban J connectivity index is 1.87. The fourth-order valence-corrected chi connectivity index (χ4v) is 2.94. The molecule has 0 aliphatic carbocycles. The van der Waals surface area contributed by atoms with E-state index in [9.17, 15) is 4.79 Å². The van der Waals surface area contributed by atoms with Crippen LogP contribution < -0.4 is 15.5 Å². The van der Waals surface area contributed by atoms with Crippen LogP contribution in [0.4, 0.5) is 11.4 Å². The Labute approximate surface area is 119 Å². The minimum Gasteiger partial charge on any atom is -0.378 e. The van der Waals surface area contributed by atoms with E-state index >= 15 is 0 Å². The predicted molar refractivity (Wildman–Crippen MR) is 79.0 cm³/mol. The van der Waals surface area contributed by atoms with E-state index in [-0.39, 0.29) is 11.8 Å². The molecule has 1 atom stereocenters. The molecule has 20 heavy (non-hydrogen) atoms. The van der Waals surface area contributed by atoms with Gasteiger partial charge in [0.25, 0.3) is 0 Å². The summed E-state index contributed by atoms with van der Waals surface area (Å²) in [6.45, 7) is 4.54. The van der Waals surface area contributed by atoms with Crippen molar-refractivity contribution in [1.29, 1.82) is 0 Å². The number of para-hydroxylation sites is 2. The third-order valence-electron chi connectivity index (χ3n) is 4.06. The second kappa shape index (κ2) is 5.81. The van der Waals surface area contributed by atoms with Crippen LogP contribution in [0.5, 0.6) is 0 Å². The van der Waals surface area contributed by atoms with Gasteiger partial charge in [-0.05, 0) is 24.6 Å². The van der Waals surface area contributed by atoms with Crippen molar-refractivity contribution in [1.82, 2.24) is 0 Å². The highest BCUT2D eigenvalue weighted by Gasteiger charge is 2.31. The minimum absolute atomic E-state index is 0.182. The number of hydrogen-bond donors (Lipinski definition) is 1. The molecule has 2 aliphatic heterocycles. The van der Waals surface area contributed by atoms with Crippen molar-refractivity contribution in [2.45, 2.75) is 6.42 Å². The highest BCUT2D eigenvalue weighted by Crippen LogP contribution is 2.33. The van der Waals surface area contributed by atoms with Crippen LogP contribution in [-0.4, -0.2) is 45.3 Å². The summed E-state index contributed by atoms with van der Waals surface area (Å²) in [4.78, 5) is 16.4. The Hall–Kier alpha value is -1.59. The van der Waals surface area contributed by atoms with Crippen LogP contribution in [0.1, 0.15) is 6.42 Å². The van der Waals surface area contributed by atoms with E-state index in [4.69, 9.17) is 10.5 Å². The van der Waals surface area contributed by atoms with E-state index < -0.39 is 0 Å². The van der Waals surface area contributed by atoms with Crippen LogP contribution in [0.25, 0.3) is 0 Å². The first kappa shape index (κ1) is 13.4. The largest absolute Gasteiger partial charge is 0.378 e. The van der Waals surface area contributed by atoms with E-state index in [0.29, 0.717) is 13.0 Å². The van der Waals surface area contributed by atoms with E-state index in [1.54, 1.807) is 0 Å². The van der Waals surface area contributed by atoms with Crippen LogP contribution in [0.2, 0.25) is 0 Å². The van der Waals surface area contributed by atoms with Gasteiger partial charge in [-0.3, -0.25) is 4.79 Å². The molecule has 0 radical (unpaired) electrons. The summed E-state index contributed by atoms with van der Waals surface area (Å²) in [6, 6.07) is 8.13. The summed E-state index contributed by atoms with van der Waals surface area (Å²) in [7, 11) is 0. The molecule has 1 aromatic carbocycles. The lowest BCUT2D eigenvalue weighted by molar-refractivity contribution is -0.117. The number of rotatable bonds is 3. The third kappa shape index (κ3) is 2.51. The number of carbonyl (C=O) groups excluding carboxylic acids is 1. The van der Waals surface area contributed by atoms with Gasteiger partial charge in [0, 0.05) is 26.1 Å². The van der Waals surface area contributed by atoms with Gasteiger partial charge in [0.1, 0.15) is 0 Å². The standard InChI is InChI=1S/C15H21N3O2/c16-10-12-9-15(19)18(11-12)14-4-2-1-3-13(14)17-5-7-20-8-6-17/h1-4,12H,5-11,16H2. The number of amides is 1. The molecule has 5 heteroatoms. The summed E-state index contributed by atoms with van der Waals surface area (Å²) in [6.07, 6.45) is 0.563. The maximum atomic E-state index is 12.2. The molecule has 3 rings (SSSR count). The molecule has 2 heterocycles. The number of morpholine rings is 1. The molecule has 2 N–H and O–H groups in total. The number of nitrogens with zero attached hydrogens (tertiary/aromatic N) is 2. The van der Waals surface area contributed by atoms with Gasteiger partial charge in [0.05, 0.1) is 24.6 Å². The molecule has 1 aromatic rings. The Morgan fingerprint density at radius 2 is 1.90 bits per heavy atom. The SMILES string of the molecule is NCC1CC(=O)N(c2ccccc2N2CCOCC2)C1. The minimum atomic E-state index is 0.182. The molecule has 2 fully saturated rings. The predicted octanol–water partition coefficient (Wildman–Crippen LogP) is 0.835. The molecule has 2 saturated heterocycles. The van der Waals surface area contributed by atoms with Crippen molar-refractivity contribution in [3.05, 3.63) is 24.3 Å². The normalized spacial score (nSPS) is 23.4. The molecule has 0 saturated carbocycles. The molecule has 1 unspecified atom stereocenters. The summed E-state index contributed by atoms with van der Waals surface area (Å²) in [5.41, 5.74) is 7.85. The van der Waals surface area contributed by atoms with Crippen molar-refractivity contribution >= 4 is 17.3 Å². The molecule has 1 amide bonds. The zero-order valence-electron chi connectivity index (χ0n) is 11.6. The lowest BCUT2D eigenvalue weighted by Gasteiger charge is -2.32. The van der Waals surface area contributed by atoms with Crippen LogP contribution in [0, 0.1) is 5.92 Å². The molecule has 5 nitrogen and oxygen atoms in total. The van der Waals surface area contributed by atoms with Gasteiger partial charge in [0.2, 0.25) is 5.91 Å². The number of ether oxygens (including phenoxy) is 1. The maximum absolute atomic E-state index is 12.2. The lowest BCUT2D eigenvalue weighted by Crippen LogP contribution is -2.38. The fraction of sp³-hybridized carbons (Fsp3) is 0.533. The van der Waals surface area contributed by atoms with Crippen LogP contribution >= 0.6 is 0 Å². The highest BCUT2D eigenvalue weighted by atomic mass is 16.5. The van der Waals surface area contributed by atoms with E-state index in [1.807, 2.05) is 23.1 Å². The van der Waals surface area contributed by atoms with Gasteiger partial charge in [-0.15, -0.1) is 0 Å². The van der Waals surface area contributed by atoms with Gasteiger partial charge in [-0.2, -0.15) is 0 Å². The first-order chi connectivity index (χ1) is 9.79. The molecular weight excluding hydrogens is 254 g/mol. The van der Waals surface area contributed by atoms with Gasteiger partial charge >= 0.3 is 0 Å². The molecule has 0 aromatic heterocycles. The summed E-state index contributed by atoms with van der Waals surface area (Å²) in [5.74, 6) is 0.460. The van der Waals surface area contributed by atoms with Crippen molar-refractivity contribution < 1.29 is 9.53 Å². The second-order valence-corrected chi connectivity index (χ2v) is 5.40. The van der Waals surface area contributed by atoms with Crippen molar-refractivity contribution in [2.75, 3.05) is 49.2 Å². The number of carbonyl (C=O) groups is 1. The topological polar surface area (TPSA) is 58.8 Å². The van der Waals surface area contributed by atoms with Crippen LogP contribution in [-0.2, 0) is 9.53 Å². The number of hydrogen-bond acceptors (Lipinski definition) is 4. The number of nitrogens with two attached hydrogens (primary N) is 1. The summed E-state index contributed by atoms with van der Waals surface area (Å²) < 4.78 is 5.40. The molecule has 108 valence electrons. The molecule has 0 spiro atoms.